The molecule has 1 heterocycles. The summed E-state index contributed by atoms with van der Waals surface area (Å²) in [6.07, 6.45) is 1.12. The van der Waals surface area contributed by atoms with Crippen molar-refractivity contribution >= 4 is 11.6 Å². The molecule has 1 amide bonds. The molecule has 0 spiro atoms. The summed E-state index contributed by atoms with van der Waals surface area (Å²) in [6.45, 7) is 12.4. The summed E-state index contributed by atoms with van der Waals surface area (Å²) < 4.78 is 0. The molecule has 0 radical (unpaired) electrons. The van der Waals surface area contributed by atoms with E-state index in [-0.39, 0.29) is 11.3 Å². The highest BCUT2D eigenvalue weighted by Gasteiger charge is 2.16. The largest absolute Gasteiger partial charge is 0.322 e. The third-order valence-corrected chi connectivity index (χ3v) is 6.77. The van der Waals surface area contributed by atoms with Crippen molar-refractivity contribution in [3.63, 3.8) is 0 Å². The molecule has 0 saturated carbocycles. The molecule has 0 atom stereocenters. The highest BCUT2D eigenvalue weighted by Crippen LogP contribution is 2.24. The Morgan fingerprint density at radius 1 is 0.861 bits per heavy atom. The van der Waals surface area contributed by atoms with Crippen molar-refractivity contribution in [3.05, 3.63) is 101 Å². The SMILES string of the molecule is CC(C)(C)c1ccc(NC(=O)c2ccc(CN3CCCN(Cc4cccc(C#N)c4)CC3)cc2)cc1. The number of carbonyl (C=O) groups is 1. The quantitative estimate of drug-likeness (QED) is 0.483. The van der Waals surface area contributed by atoms with E-state index in [1.165, 1.54) is 16.7 Å². The number of anilines is 1. The second-order valence-electron chi connectivity index (χ2n) is 10.7. The first-order valence-corrected chi connectivity index (χ1v) is 12.7. The summed E-state index contributed by atoms with van der Waals surface area (Å²) >= 11 is 0. The summed E-state index contributed by atoms with van der Waals surface area (Å²) in [5.41, 5.74) is 5.95. The first kappa shape index (κ1) is 25.6. The summed E-state index contributed by atoms with van der Waals surface area (Å²) in [4.78, 5) is 17.7. The number of amides is 1. The van der Waals surface area contributed by atoms with Gasteiger partial charge in [0.2, 0.25) is 0 Å². The summed E-state index contributed by atoms with van der Waals surface area (Å²) in [7, 11) is 0. The van der Waals surface area contributed by atoms with Gasteiger partial charge in [0.25, 0.3) is 5.91 Å². The van der Waals surface area contributed by atoms with Crippen molar-refractivity contribution in [2.45, 2.75) is 45.7 Å². The Morgan fingerprint density at radius 3 is 2.11 bits per heavy atom. The summed E-state index contributed by atoms with van der Waals surface area (Å²) in [5, 5.41) is 12.1. The lowest BCUT2D eigenvalue weighted by Crippen LogP contribution is -2.30. The van der Waals surface area contributed by atoms with Crippen LogP contribution in [0.3, 0.4) is 0 Å². The van der Waals surface area contributed by atoms with Crippen LogP contribution in [0.2, 0.25) is 0 Å². The van der Waals surface area contributed by atoms with E-state index in [9.17, 15) is 4.79 Å². The molecule has 3 aromatic rings. The van der Waals surface area contributed by atoms with E-state index in [0.717, 1.165) is 56.9 Å². The fraction of sp³-hybridized carbons (Fsp3) is 0.355. The first-order chi connectivity index (χ1) is 17.3. The van der Waals surface area contributed by atoms with Crippen LogP contribution in [0.5, 0.6) is 0 Å². The Kier molecular flexibility index (Phi) is 8.20. The molecule has 186 valence electrons. The first-order valence-electron chi connectivity index (χ1n) is 12.7. The Hall–Kier alpha value is -3.46. The zero-order valence-corrected chi connectivity index (χ0v) is 21.6. The normalized spacial score (nSPS) is 15.2. The van der Waals surface area contributed by atoms with Gasteiger partial charge in [-0.3, -0.25) is 14.6 Å². The van der Waals surface area contributed by atoms with Crippen molar-refractivity contribution < 1.29 is 4.79 Å². The predicted octanol–water partition coefficient (Wildman–Crippen LogP) is 5.82. The van der Waals surface area contributed by atoms with E-state index < -0.39 is 0 Å². The summed E-state index contributed by atoms with van der Waals surface area (Å²) in [6, 6.07) is 26.2. The average Bonchev–Trinajstić information content (AvgIpc) is 3.09. The lowest BCUT2D eigenvalue weighted by Gasteiger charge is -2.22. The van der Waals surface area contributed by atoms with Crippen molar-refractivity contribution in [1.29, 1.82) is 5.26 Å². The zero-order chi connectivity index (χ0) is 25.5. The lowest BCUT2D eigenvalue weighted by atomic mass is 9.87. The zero-order valence-electron chi connectivity index (χ0n) is 21.6. The number of nitrogens with one attached hydrogen (secondary N) is 1. The van der Waals surface area contributed by atoms with Crippen LogP contribution < -0.4 is 5.32 Å². The number of rotatable bonds is 6. The molecule has 1 fully saturated rings. The minimum atomic E-state index is -0.0871. The van der Waals surface area contributed by atoms with Crippen LogP contribution in [0.25, 0.3) is 0 Å². The maximum Gasteiger partial charge on any atom is 0.255 e. The number of nitrogens with zero attached hydrogens (tertiary/aromatic N) is 3. The molecule has 5 heteroatoms. The van der Waals surface area contributed by atoms with E-state index in [0.29, 0.717) is 5.56 Å². The second kappa shape index (κ2) is 11.5. The molecule has 0 bridgehead atoms. The highest BCUT2D eigenvalue weighted by molar-refractivity contribution is 6.04. The van der Waals surface area contributed by atoms with E-state index in [1.54, 1.807) is 0 Å². The molecule has 36 heavy (non-hydrogen) atoms. The van der Waals surface area contributed by atoms with Gasteiger partial charge in [-0.15, -0.1) is 0 Å². The number of nitriles is 1. The van der Waals surface area contributed by atoms with Crippen molar-refractivity contribution in [1.82, 2.24) is 9.80 Å². The molecule has 3 aromatic carbocycles. The van der Waals surface area contributed by atoms with Gasteiger partial charge in [0, 0.05) is 37.4 Å². The van der Waals surface area contributed by atoms with Crippen LogP contribution in [-0.2, 0) is 18.5 Å². The number of carbonyl (C=O) groups excluding carboxylic acids is 1. The van der Waals surface area contributed by atoms with Gasteiger partial charge < -0.3 is 5.32 Å². The van der Waals surface area contributed by atoms with E-state index in [4.69, 9.17) is 5.26 Å². The van der Waals surface area contributed by atoms with Gasteiger partial charge in [-0.1, -0.05) is 57.2 Å². The Bertz CT molecular complexity index is 1200. The smallest absolute Gasteiger partial charge is 0.255 e. The number of hydrogen-bond acceptors (Lipinski definition) is 4. The van der Waals surface area contributed by atoms with Crippen molar-refractivity contribution in [3.8, 4) is 6.07 Å². The topological polar surface area (TPSA) is 59.4 Å². The van der Waals surface area contributed by atoms with Gasteiger partial charge in [-0.2, -0.15) is 5.26 Å². The molecule has 0 aliphatic carbocycles. The van der Waals surface area contributed by atoms with Crippen LogP contribution in [0.4, 0.5) is 5.69 Å². The van der Waals surface area contributed by atoms with Gasteiger partial charge in [0.15, 0.2) is 0 Å². The van der Waals surface area contributed by atoms with E-state index >= 15 is 0 Å². The van der Waals surface area contributed by atoms with E-state index in [1.807, 2.05) is 42.5 Å². The van der Waals surface area contributed by atoms with Crippen LogP contribution in [0, 0.1) is 11.3 Å². The number of benzene rings is 3. The molecule has 0 unspecified atom stereocenters. The van der Waals surface area contributed by atoms with Crippen molar-refractivity contribution in [2.24, 2.45) is 0 Å². The van der Waals surface area contributed by atoms with Crippen LogP contribution >= 0.6 is 0 Å². The second-order valence-corrected chi connectivity index (χ2v) is 10.7. The summed E-state index contributed by atoms with van der Waals surface area (Å²) in [5.74, 6) is -0.0871. The van der Waals surface area contributed by atoms with Crippen LogP contribution in [-0.4, -0.2) is 41.9 Å². The van der Waals surface area contributed by atoms with Gasteiger partial charge >= 0.3 is 0 Å². The predicted molar refractivity (Wildman–Crippen MR) is 146 cm³/mol. The monoisotopic (exact) mass is 480 g/mol. The van der Waals surface area contributed by atoms with Gasteiger partial charge in [0.05, 0.1) is 11.6 Å². The van der Waals surface area contributed by atoms with E-state index in [2.05, 4.69) is 72.3 Å². The average molecular weight is 481 g/mol. The molecular formula is C31H36N4O. The van der Waals surface area contributed by atoms with Gasteiger partial charge in [-0.25, -0.2) is 0 Å². The molecule has 1 N–H and O–H groups in total. The van der Waals surface area contributed by atoms with Gasteiger partial charge in [0.1, 0.15) is 0 Å². The fourth-order valence-electron chi connectivity index (χ4n) is 4.61. The molecule has 1 aliphatic heterocycles. The minimum Gasteiger partial charge on any atom is -0.322 e. The van der Waals surface area contributed by atoms with Crippen LogP contribution in [0.15, 0.2) is 72.8 Å². The highest BCUT2D eigenvalue weighted by atomic mass is 16.1. The lowest BCUT2D eigenvalue weighted by molar-refractivity contribution is 0.102. The Labute approximate surface area is 215 Å². The maximum atomic E-state index is 12.7. The van der Waals surface area contributed by atoms with Gasteiger partial charge in [-0.05, 0) is 78.0 Å². The van der Waals surface area contributed by atoms with Crippen LogP contribution in [0.1, 0.15) is 59.8 Å². The molecule has 0 aromatic heterocycles. The molecule has 1 saturated heterocycles. The van der Waals surface area contributed by atoms with Crippen molar-refractivity contribution in [2.75, 3.05) is 31.5 Å². The standard InChI is InChI=1S/C31H36N4O/c1-31(2,3)28-12-14-29(15-13-28)33-30(36)27-10-8-24(9-11-27)22-34-16-5-17-35(19-18-34)23-26-7-4-6-25(20-26)21-32/h4,6-15,20H,5,16-19,22-23H2,1-3H3,(H,33,36). The fourth-order valence-corrected chi connectivity index (χ4v) is 4.61. The molecule has 4 rings (SSSR count). The third kappa shape index (κ3) is 7.04. The minimum absolute atomic E-state index is 0.0871. The third-order valence-electron chi connectivity index (χ3n) is 6.77. The molecule has 1 aliphatic rings. The Morgan fingerprint density at radius 2 is 1.50 bits per heavy atom. The molecule has 5 nitrogen and oxygen atoms in total. The maximum absolute atomic E-state index is 12.7. The Balaban J connectivity index is 1.28. The number of hydrogen-bond donors (Lipinski definition) is 1. The molecular weight excluding hydrogens is 444 g/mol.